The van der Waals surface area contributed by atoms with Gasteiger partial charge in [-0.1, -0.05) is 24.3 Å². The van der Waals surface area contributed by atoms with Gasteiger partial charge in [0.05, 0.1) is 0 Å². The molecule has 6 aliphatic heterocycles. The SMILES string of the molecule is CC1C(=O)NN=C2CCc3ccc(CC4CN(C(=O)OC(C)(C)C)C4)cc3N21.CC1C(=O)NN=C2CCc3ccc(CC4CNC4)cc3N21.Cl. The Balaban J connectivity index is 0.000000176. The number of aryl methyl sites for hydroxylation is 2. The Morgan fingerprint density at radius 3 is 1.70 bits per heavy atom. The molecule has 13 heteroatoms. The monoisotopic (exact) mass is 704 g/mol. The largest absolute Gasteiger partial charge is 0.444 e. The van der Waals surface area contributed by atoms with Crippen molar-refractivity contribution in [3.8, 4) is 0 Å². The molecule has 12 nitrogen and oxygen atoms in total. The fourth-order valence-electron chi connectivity index (χ4n) is 7.43. The van der Waals surface area contributed by atoms with Crippen LogP contribution in [0.15, 0.2) is 46.6 Å². The van der Waals surface area contributed by atoms with E-state index in [2.05, 4.69) is 72.6 Å². The van der Waals surface area contributed by atoms with Crippen molar-refractivity contribution in [2.75, 3.05) is 36.0 Å². The fraction of sp³-hybridized carbons (Fsp3) is 0.541. The van der Waals surface area contributed by atoms with Crippen molar-refractivity contribution in [1.29, 1.82) is 0 Å². The van der Waals surface area contributed by atoms with Gasteiger partial charge in [0.25, 0.3) is 11.8 Å². The van der Waals surface area contributed by atoms with Crippen molar-refractivity contribution in [2.24, 2.45) is 22.0 Å². The number of hydrogen-bond donors (Lipinski definition) is 3. The molecule has 0 radical (unpaired) electrons. The Bertz CT molecular complexity index is 1710. The number of nitrogens with zero attached hydrogens (tertiary/aromatic N) is 5. The van der Waals surface area contributed by atoms with E-state index in [-0.39, 0.29) is 42.4 Å². The van der Waals surface area contributed by atoms with Gasteiger partial charge < -0.3 is 24.8 Å². The molecule has 0 saturated carbocycles. The molecule has 8 rings (SSSR count). The quantitative estimate of drug-likeness (QED) is 0.436. The van der Waals surface area contributed by atoms with E-state index in [1.807, 2.05) is 34.6 Å². The van der Waals surface area contributed by atoms with Crippen LogP contribution < -0.4 is 26.0 Å². The van der Waals surface area contributed by atoms with Crippen molar-refractivity contribution in [2.45, 2.75) is 90.8 Å². The summed E-state index contributed by atoms with van der Waals surface area (Å²) in [5, 5.41) is 11.8. The van der Waals surface area contributed by atoms with E-state index in [1.165, 1.54) is 27.9 Å². The minimum atomic E-state index is -0.461. The number of rotatable bonds is 4. The summed E-state index contributed by atoms with van der Waals surface area (Å²) >= 11 is 0. The maximum absolute atomic E-state index is 12.1. The molecule has 6 aliphatic rings. The summed E-state index contributed by atoms with van der Waals surface area (Å²) in [6, 6.07) is 12.8. The highest BCUT2D eigenvalue weighted by Gasteiger charge is 2.37. The van der Waals surface area contributed by atoms with Crippen LogP contribution in [0.5, 0.6) is 0 Å². The number of benzene rings is 2. The van der Waals surface area contributed by atoms with Crippen molar-refractivity contribution in [3.63, 3.8) is 0 Å². The van der Waals surface area contributed by atoms with Crippen LogP contribution in [0.2, 0.25) is 0 Å². The van der Waals surface area contributed by atoms with Gasteiger partial charge in [-0.3, -0.25) is 9.59 Å². The number of ether oxygens (including phenoxy) is 1. The number of amides is 3. The second-order valence-electron chi connectivity index (χ2n) is 15.2. The lowest BCUT2D eigenvalue weighted by molar-refractivity contribution is -0.123. The Morgan fingerprint density at radius 2 is 1.26 bits per heavy atom. The number of hydrogen-bond acceptors (Lipinski definition) is 9. The normalized spacial score (nSPS) is 22.6. The van der Waals surface area contributed by atoms with Gasteiger partial charge in [-0.2, -0.15) is 10.2 Å². The summed E-state index contributed by atoms with van der Waals surface area (Å²) in [4.78, 5) is 42.0. The van der Waals surface area contributed by atoms with Crippen molar-refractivity contribution >= 4 is 53.4 Å². The molecule has 2 atom stereocenters. The number of likely N-dealkylation sites (tertiary alicyclic amines) is 1. The molecule has 2 unspecified atom stereocenters. The maximum Gasteiger partial charge on any atom is 0.410 e. The number of hydrazone groups is 2. The van der Waals surface area contributed by atoms with Crippen LogP contribution in [0.1, 0.15) is 69.7 Å². The Labute approximate surface area is 300 Å². The number of fused-ring (bicyclic) bond motifs is 6. The molecule has 2 fully saturated rings. The summed E-state index contributed by atoms with van der Waals surface area (Å²) in [5.74, 6) is 2.99. The van der Waals surface area contributed by atoms with Gasteiger partial charge in [0.1, 0.15) is 29.4 Å². The first-order chi connectivity index (χ1) is 23.4. The molecule has 6 heterocycles. The van der Waals surface area contributed by atoms with E-state index < -0.39 is 5.60 Å². The summed E-state index contributed by atoms with van der Waals surface area (Å²) in [5.41, 5.74) is 12.2. The van der Waals surface area contributed by atoms with Gasteiger partial charge in [-0.15, -0.1) is 12.4 Å². The number of carbonyl (C=O) groups is 3. The van der Waals surface area contributed by atoms with Crippen LogP contribution in [0, 0.1) is 11.8 Å². The third-order valence-corrected chi connectivity index (χ3v) is 10.3. The van der Waals surface area contributed by atoms with Gasteiger partial charge in [0.15, 0.2) is 0 Å². The third kappa shape index (κ3) is 7.32. The summed E-state index contributed by atoms with van der Waals surface area (Å²) in [6.07, 6.45) is 5.45. The lowest BCUT2D eigenvalue weighted by Crippen LogP contribution is -2.54. The Kier molecular flexibility index (Phi) is 10.1. The topological polar surface area (TPSA) is 131 Å². The van der Waals surface area contributed by atoms with Crippen LogP contribution in [0.3, 0.4) is 0 Å². The molecule has 3 amide bonds. The zero-order valence-electron chi connectivity index (χ0n) is 29.6. The van der Waals surface area contributed by atoms with Gasteiger partial charge in [-0.05, 0) is 120 Å². The summed E-state index contributed by atoms with van der Waals surface area (Å²) in [6.45, 7) is 13.2. The first-order valence-corrected chi connectivity index (χ1v) is 17.7. The zero-order valence-corrected chi connectivity index (χ0v) is 30.4. The molecule has 268 valence electrons. The maximum atomic E-state index is 12.1. The fourth-order valence-corrected chi connectivity index (χ4v) is 7.43. The zero-order chi connectivity index (χ0) is 34.4. The first-order valence-electron chi connectivity index (χ1n) is 17.7. The van der Waals surface area contributed by atoms with E-state index in [0.29, 0.717) is 5.92 Å². The molecule has 0 aliphatic carbocycles. The molecule has 50 heavy (non-hydrogen) atoms. The second kappa shape index (κ2) is 14.2. The third-order valence-electron chi connectivity index (χ3n) is 10.3. The number of carbonyl (C=O) groups excluding carboxylic acids is 3. The van der Waals surface area contributed by atoms with E-state index in [9.17, 15) is 14.4 Å². The lowest BCUT2D eigenvalue weighted by atomic mass is 9.90. The highest BCUT2D eigenvalue weighted by Crippen LogP contribution is 2.35. The van der Waals surface area contributed by atoms with E-state index >= 15 is 0 Å². The summed E-state index contributed by atoms with van der Waals surface area (Å²) < 4.78 is 5.42. The number of anilines is 2. The van der Waals surface area contributed by atoms with Crippen LogP contribution in [-0.4, -0.2) is 78.3 Å². The molecule has 2 aromatic carbocycles. The summed E-state index contributed by atoms with van der Waals surface area (Å²) in [7, 11) is 0. The minimum absolute atomic E-state index is 0. The first kappa shape index (κ1) is 35.7. The van der Waals surface area contributed by atoms with E-state index in [0.717, 1.165) is 88.0 Å². The minimum Gasteiger partial charge on any atom is -0.444 e. The number of halogens is 1. The molecule has 0 spiro atoms. The molecular formula is C37H49ClN8O4. The van der Waals surface area contributed by atoms with E-state index in [1.54, 1.807) is 4.90 Å². The lowest BCUT2D eigenvalue weighted by Gasteiger charge is -2.41. The Hall–Kier alpha value is -4.16. The van der Waals surface area contributed by atoms with Crippen molar-refractivity contribution in [1.82, 2.24) is 21.1 Å². The number of nitrogens with one attached hydrogen (secondary N) is 3. The van der Waals surface area contributed by atoms with E-state index in [4.69, 9.17) is 4.74 Å². The second-order valence-corrected chi connectivity index (χ2v) is 15.2. The highest BCUT2D eigenvalue weighted by molar-refractivity contribution is 6.09. The average molecular weight is 705 g/mol. The van der Waals surface area contributed by atoms with Crippen LogP contribution in [-0.2, 0) is 40.0 Å². The smallest absolute Gasteiger partial charge is 0.410 e. The molecule has 2 saturated heterocycles. The van der Waals surface area contributed by atoms with Gasteiger partial charge in [0.2, 0.25) is 0 Å². The van der Waals surface area contributed by atoms with Gasteiger partial charge >= 0.3 is 6.09 Å². The van der Waals surface area contributed by atoms with Crippen molar-refractivity contribution in [3.05, 3.63) is 58.7 Å². The predicted molar refractivity (Wildman–Crippen MR) is 197 cm³/mol. The van der Waals surface area contributed by atoms with Gasteiger partial charge in [-0.25, -0.2) is 15.6 Å². The highest BCUT2D eigenvalue weighted by atomic mass is 35.5. The molecule has 2 aromatic rings. The van der Waals surface area contributed by atoms with Gasteiger partial charge in [0, 0.05) is 37.3 Å². The van der Waals surface area contributed by atoms with Crippen LogP contribution in [0.25, 0.3) is 0 Å². The molecule has 3 N–H and O–H groups in total. The number of amidine groups is 2. The molecular weight excluding hydrogens is 656 g/mol. The van der Waals surface area contributed by atoms with Crippen molar-refractivity contribution < 1.29 is 19.1 Å². The van der Waals surface area contributed by atoms with Crippen LogP contribution >= 0.6 is 12.4 Å². The van der Waals surface area contributed by atoms with Crippen LogP contribution in [0.4, 0.5) is 16.2 Å². The molecule has 0 bridgehead atoms. The Morgan fingerprint density at radius 1 is 0.780 bits per heavy atom. The molecule has 0 aromatic heterocycles. The predicted octanol–water partition coefficient (Wildman–Crippen LogP) is 4.14. The average Bonchev–Trinajstić information content (AvgIpc) is 3.03. The standard InChI is InChI=1S/C21H28N4O3.C16H20N4O.ClH/c1-13-19(26)23-22-18-8-7-16-6-5-14(10-17(16)25(13)18)9-15-11-24(12-15)20(27)28-21(2,3)4;1-10-16(21)19-18-15-5-4-13-3-2-11(6-12-8-17-9-12)7-14(13)20(10)15;/h5-6,10,13,15H,7-9,11-12H2,1-4H3,(H,23,26);2-3,7,10,12,17H,4-6,8-9H2,1H3,(H,19,21);1H.